The Morgan fingerprint density at radius 1 is 0.812 bits per heavy atom. The largest absolute Gasteiger partial charge is 0.506 e. The summed E-state index contributed by atoms with van der Waals surface area (Å²) in [6.07, 6.45) is -0.868. The van der Waals surface area contributed by atoms with Crippen molar-refractivity contribution in [2.75, 3.05) is 19.6 Å². The Morgan fingerprint density at radius 3 is 2.12 bits per heavy atom. The predicted molar refractivity (Wildman–Crippen MR) is 179 cm³/mol. The van der Waals surface area contributed by atoms with E-state index in [2.05, 4.69) is 15.6 Å². The lowest BCUT2D eigenvalue weighted by molar-refractivity contribution is -0.149. The number of phenolic OH excluding ortho intramolecular Hbond substituents is 1. The molecule has 2 heterocycles. The van der Waals surface area contributed by atoms with Crippen molar-refractivity contribution in [3.05, 3.63) is 147 Å². The molecule has 1 aliphatic rings. The number of carbonyl (C=O) groups is 3. The number of aromatic amines is 1. The number of aliphatic carboxylic acids is 1. The first-order chi connectivity index (χ1) is 23.1. The molecule has 0 aliphatic carbocycles. The quantitative estimate of drug-likeness (QED) is 0.127. The minimum atomic E-state index is -1.12. The number of aliphatic hydroxyl groups excluding tert-OH is 1. The van der Waals surface area contributed by atoms with Gasteiger partial charge in [0.1, 0.15) is 11.2 Å². The molecule has 0 bridgehead atoms. The van der Waals surface area contributed by atoms with Crippen molar-refractivity contribution in [2.24, 2.45) is 0 Å². The number of fused-ring (bicyclic) bond motifs is 1. The first kappa shape index (κ1) is 32.2. The van der Waals surface area contributed by atoms with Gasteiger partial charge in [-0.3, -0.25) is 19.2 Å². The van der Waals surface area contributed by atoms with Gasteiger partial charge in [0.05, 0.1) is 11.6 Å². The number of rotatable bonds is 11. The van der Waals surface area contributed by atoms with Crippen molar-refractivity contribution >= 4 is 28.7 Å². The Hall–Kier alpha value is -5.78. The Kier molecular flexibility index (Phi) is 9.06. The summed E-state index contributed by atoms with van der Waals surface area (Å²) >= 11 is 0. The molecule has 1 aromatic heterocycles. The molecule has 1 saturated heterocycles. The molecule has 1 fully saturated rings. The smallest absolute Gasteiger partial charge is 0.317 e. The minimum absolute atomic E-state index is 0.0639. The number of benzene rings is 4. The second kappa shape index (κ2) is 13.5. The van der Waals surface area contributed by atoms with Crippen LogP contribution in [0.5, 0.6) is 5.75 Å². The average molecular weight is 647 g/mol. The lowest BCUT2D eigenvalue weighted by atomic mass is 9.73. The molecule has 0 spiro atoms. The molecule has 1 aliphatic heterocycles. The number of amides is 2. The summed E-state index contributed by atoms with van der Waals surface area (Å²) in [7, 11) is 0. The number of aromatic nitrogens is 1. The fourth-order valence-electron chi connectivity index (χ4n) is 5.97. The molecule has 11 heteroatoms. The molecule has 1 atom stereocenters. The first-order valence-corrected chi connectivity index (χ1v) is 15.4. The molecule has 0 unspecified atom stereocenters. The van der Waals surface area contributed by atoms with Crippen LogP contribution in [0.25, 0.3) is 10.9 Å². The maximum Gasteiger partial charge on any atom is 0.317 e. The van der Waals surface area contributed by atoms with Gasteiger partial charge in [-0.25, -0.2) is 0 Å². The molecule has 5 aromatic rings. The molecule has 6 N–H and O–H groups in total. The van der Waals surface area contributed by atoms with Gasteiger partial charge in [0.25, 0.3) is 11.8 Å². The highest BCUT2D eigenvalue weighted by Crippen LogP contribution is 2.36. The van der Waals surface area contributed by atoms with Crippen molar-refractivity contribution in [3.8, 4) is 5.75 Å². The van der Waals surface area contributed by atoms with Crippen molar-refractivity contribution in [2.45, 2.75) is 24.6 Å². The summed E-state index contributed by atoms with van der Waals surface area (Å²) in [4.78, 5) is 53.6. The van der Waals surface area contributed by atoms with E-state index in [9.17, 15) is 34.5 Å². The Labute approximate surface area is 275 Å². The summed E-state index contributed by atoms with van der Waals surface area (Å²) in [5.74, 6) is -1.61. The van der Waals surface area contributed by atoms with Crippen LogP contribution in [0, 0.1) is 0 Å². The van der Waals surface area contributed by atoms with Crippen LogP contribution in [0.2, 0.25) is 0 Å². The summed E-state index contributed by atoms with van der Waals surface area (Å²) in [5, 5.41) is 37.4. The van der Waals surface area contributed by atoms with Crippen LogP contribution in [-0.2, 0) is 23.3 Å². The second-order valence-corrected chi connectivity index (χ2v) is 11.9. The van der Waals surface area contributed by atoms with E-state index in [-0.39, 0.29) is 48.3 Å². The molecule has 0 radical (unpaired) electrons. The number of likely N-dealkylation sites (tertiary alicyclic amines) is 1. The first-order valence-electron chi connectivity index (χ1n) is 15.4. The van der Waals surface area contributed by atoms with Gasteiger partial charge in [0.15, 0.2) is 0 Å². The summed E-state index contributed by atoms with van der Waals surface area (Å²) in [6, 6.07) is 28.9. The van der Waals surface area contributed by atoms with Crippen molar-refractivity contribution in [3.63, 3.8) is 0 Å². The van der Waals surface area contributed by atoms with E-state index in [0.29, 0.717) is 40.7 Å². The zero-order valence-corrected chi connectivity index (χ0v) is 25.8. The number of pyridine rings is 1. The fourth-order valence-corrected chi connectivity index (χ4v) is 5.97. The lowest BCUT2D eigenvalue weighted by Gasteiger charge is -2.47. The molecule has 4 aromatic carbocycles. The van der Waals surface area contributed by atoms with E-state index >= 15 is 0 Å². The third kappa shape index (κ3) is 6.55. The van der Waals surface area contributed by atoms with Crippen molar-refractivity contribution < 1.29 is 29.7 Å². The SMILES string of the molecule is O=C(NCc1ccc(CNC[C@H](O)c2ccc(O)c3[nH]c(=O)ccc23)cc1)c1ccc(C(=O)N2CC(C(=O)O)(c3ccccc3)C2)cc1. The maximum atomic E-state index is 13.0. The molecule has 6 rings (SSSR count). The van der Waals surface area contributed by atoms with E-state index in [1.165, 1.54) is 17.0 Å². The second-order valence-electron chi connectivity index (χ2n) is 11.9. The number of aliphatic hydroxyl groups is 1. The van der Waals surface area contributed by atoms with Crippen LogP contribution in [0.3, 0.4) is 0 Å². The number of carbonyl (C=O) groups excluding carboxylic acids is 2. The minimum Gasteiger partial charge on any atom is -0.506 e. The van der Waals surface area contributed by atoms with Crippen molar-refractivity contribution in [1.82, 2.24) is 20.5 Å². The Morgan fingerprint density at radius 2 is 1.46 bits per heavy atom. The van der Waals surface area contributed by atoms with Gasteiger partial charge in [-0.1, -0.05) is 60.7 Å². The highest BCUT2D eigenvalue weighted by Gasteiger charge is 2.52. The van der Waals surface area contributed by atoms with E-state index in [1.807, 2.05) is 30.3 Å². The number of nitrogens with zero attached hydrogens (tertiary/aromatic N) is 1. The Balaban J connectivity index is 0.969. The number of nitrogens with one attached hydrogen (secondary N) is 3. The standard InChI is InChI=1S/C37H34N4O7/c42-30-16-14-28(29-15-17-32(44)40-33(29)30)31(43)20-38-18-23-6-8-24(9-7-23)19-39-34(45)25-10-12-26(13-11-25)35(46)41-21-37(22-41,36(47)48)27-4-2-1-3-5-27/h1-17,31,38,42-43H,18-22H2,(H,39,45)(H,40,44)(H,47,48)/t31-/m0/s1. The molecule has 0 saturated carbocycles. The Bertz CT molecular complexity index is 2020. The maximum absolute atomic E-state index is 13.0. The van der Waals surface area contributed by atoms with Crippen molar-refractivity contribution in [1.29, 1.82) is 0 Å². The normalized spacial score (nSPS) is 14.2. The third-order valence-electron chi connectivity index (χ3n) is 8.75. The number of carboxylic acids is 1. The highest BCUT2D eigenvalue weighted by molar-refractivity contribution is 5.99. The van der Waals surface area contributed by atoms with Crippen LogP contribution in [0.4, 0.5) is 0 Å². The summed E-state index contributed by atoms with van der Waals surface area (Å²) < 4.78 is 0. The lowest BCUT2D eigenvalue weighted by Crippen LogP contribution is -2.65. The van der Waals surface area contributed by atoms with E-state index in [4.69, 9.17) is 0 Å². The number of H-pyrrole nitrogens is 1. The molecule has 244 valence electrons. The topological polar surface area (TPSA) is 172 Å². The number of hydrogen-bond acceptors (Lipinski definition) is 7. The van der Waals surface area contributed by atoms with Gasteiger partial charge in [-0.15, -0.1) is 0 Å². The van der Waals surface area contributed by atoms with Crippen LogP contribution in [-0.4, -0.2) is 62.6 Å². The van der Waals surface area contributed by atoms with Gasteiger partial charge in [0.2, 0.25) is 5.56 Å². The van der Waals surface area contributed by atoms with E-state index in [0.717, 1.165) is 11.1 Å². The van der Waals surface area contributed by atoms with Gasteiger partial charge < -0.3 is 35.8 Å². The number of hydrogen-bond donors (Lipinski definition) is 6. The molecule has 48 heavy (non-hydrogen) atoms. The van der Waals surface area contributed by atoms with Gasteiger partial charge in [-0.2, -0.15) is 0 Å². The van der Waals surface area contributed by atoms with Crippen LogP contribution in [0.15, 0.2) is 108 Å². The van der Waals surface area contributed by atoms with E-state index < -0.39 is 17.5 Å². The third-order valence-corrected chi connectivity index (χ3v) is 8.75. The average Bonchev–Trinajstić information content (AvgIpc) is 3.08. The van der Waals surface area contributed by atoms with Gasteiger partial charge in [0, 0.05) is 55.3 Å². The summed E-state index contributed by atoms with van der Waals surface area (Å²) in [6.45, 7) is 1.18. The van der Waals surface area contributed by atoms with Crippen LogP contribution in [0.1, 0.15) is 49.1 Å². The molecule has 11 nitrogen and oxygen atoms in total. The number of carboxylic acid groups (broad SMARTS) is 1. The van der Waals surface area contributed by atoms with Crippen LogP contribution < -0.4 is 16.2 Å². The monoisotopic (exact) mass is 646 g/mol. The molecule has 2 amide bonds. The highest BCUT2D eigenvalue weighted by atomic mass is 16.4. The molecular weight excluding hydrogens is 612 g/mol. The predicted octanol–water partition coefficient (Wildman–Crippen LogP) is 3.47. The number of phenols is 1. The zero-order valence-electron chi connectivity index (χ0n) is 25.8. The van der Waals surface area contributed by atoms with E-state index in [1.54, 1.807) is 60.7 Å². The number of aromatic hydroxyl groups is 1. The van der Waals surface area contributed by atoms with Gasteiger partial charge >= 0.3 is 5.97 Å². The molecular formula is C37H34N4O7. The zero-order chi connectivity index (χ0) is 33.8. The summed E-state index contributed by atoms with van der Waals surface area (Å²) in [5.41, 5.74) is 2.71. The van der Waals surface area contributed by atoms with Gasteiger partial charge in [-0.05, 0) is 58.7 Å². The fraction of sp³-hybridized carbons (Fsp3) is 0.189. The van der Waals surface area contributed by atoms with Crippen LogP contribution >= 0.6 is 0 Å².